The topological polar surface area (TPSA) is 149 Å². The fourth-order valence-electron chi connectivity index (χ4n) is 5.22. The van der Waals surface area contributed by atoms with Gasteiger partial charge in [0.2, 0.25) is 17.6 Å². The number of fused-ring (bicyclic) bond motifs is 1. The molecule has 4 aromatic heterocycles. The fourth-order valence-corrected chi connectivity index (χ4v) is 5.22. The van der Waals surface area contributed by atoms with Gasteiger partial charge in [-0.2, -0.15) is 0 Å². The summed E-state index contributed by atoms with van der Waals surface area (Å²) in [7, 11) is 1.59. The molecule has 5 aromatic rings. The first kappa shape index (κ1) is 27.3. The second kappa shape index (κ2) is 11.9. The Labute approximate surface area is 242 Å². The number of ketones is 1. The zero-order chi connectivity index (χ0) is 28.9. The number of pyridine rings is 1. The van der Waals surface area contributed by atoms with E-state index in [1.807, 2.05) is 30.3 Å². The van der Waals surface area contributed by atoms with Gasteiger partial charge in [-0.05, 0) is 37.8 Å². The third-order valence-electron chi connectivity index (χ3n) is 7.71. The molecule has 1 atom stereocenters. The predicted octanol–water partition coefficient (Wildman–Crippen LogP) is 5.13. The molecule has 0 spiro atoms. The number of carbonyl (C=O) groups excluding carboxylic acids is 2. The van der Waals surface area contributed by atoms with Crippen LogP contribution in [0.25, 0.3) is 22.2 Å². The molecule has 214 valence electrons. The van der Waals surface area contributed by atoms with Gasteiger partial charge in [0.1, 0.15) is 12.1 Å². The van der Waals surface area contributed by atoms with Crippen molar-refractivity contribution in [2.75, 3.05) is 7.11 Å². The lowest BCUT2D eigenvalue weighted by Crippen LogP contribution is -2.38. The molecule has 1 aromatic carbocycles. The third-order valence-corrected chi connectivity index (χ3v) is 7.71. The molecule has 1 aliphatic carbocycles. The summed E-state index contributed by atoms with van der Waals surface area (Å²) in [4.78, 5) is 51.1. The Morgan fingerprint density at radius 1 is 1.07 bits per heavy atom. The van der Waals surface area contributed by atoms with Crippen molar-refractivity contribution in [2.24, 2.45) is 0 Å². The van der Waals surface area contributed by atoms with Gasteiger partial charge in [0, 0.05) is 30.4 Å². The second-order valence-electron chi connectivity index (χ2n) is 10.5. The fraction of sp³-hybridized carbons (Fsp3) is 0.323. The number of para-hydroxylation sites is 1. The van der Waals surface area contributed by atoms with Gasteiger partial charge in [-0.1, -0.05) is 31.0 Å². The number of oxazole rings is 1. The van der Waals surface area contributed by atoms with Gasteiger partial charge in [-0.25, -0.2) is 15.0 Å². The number of rotatable bonds is 13. The van der Waals surface area contributed by atoms with Crippen molar-refractivity contribution in [3.05, 3.63) is 85.0 Å². The lowest BCUT2D eigenvalue weighted by atomic mass is 9.99. The summed E-state index contributed by atoms with van der Waals surface area (Å²) >= 11 is 0. The summed E-state index contributed by atoms with van der Waals surface area (Å²) in [5, 5.41) is 4.22. The Bertz CT molecular complexity index is 1680. The second-order valence-corrected chi connectivity index (χ2v) is 10.5. The maximum atomic E-state index is 13.6. The number of methoxy groups -OCH3 is 1. The largest absolute Gasteiger partial charge is 0.480 e. The molecule has 11 nitrogen and oxygen atoms in total. The third kappa shape index (κ3) is 5.63. The van der Waals surface area contributed by atoms with Crippen LogP contribution in [0.1, 0.15) is 73.2 Å². The minimum absolute atomic E-state index is 0.0880. The highest BCUT2D eigenvalue weighted by Crippen LogP contribution is 2.47. The van der Waals surface area contributed by atoms with Crippen LogP contribution >= 0.6 is 0 Å². The maximum Gasteiger partial charge on any atom is 0.263 e. The Balaban J connectivity index is 1.20. The van der Waals surface area contributed by atoms with E-state index in [1.54, 1.807) is 31.9 Å². The number of hydrogen-bond donors (Lipinski definition) is 2. The van der Waals surface area contributed by atoms with E-state index in [1.165, 1.54) is 12.5 Å². The van der Waals surface area contributed by atoms with Gasteiger partial charge in [0.05, 0.1) is 53.4 Å². The van der Waals surface area contributed by atoms with Gasteiger partial charge >= 0.3 is 0 Å². The Morgan fingerprint density at radius 3 is 2.71 bits per heavy atom. The lowest BCUT2D eigenvalue weighted by molar-refractivity contribution is -0.124. The van der Waals surface area contributed by atoms with Crippen LogP contribution in [0, 0.1) is 0 Å². The van der Waals surface area contributed by atoms with Crippen LogP contribution in [0.5, 0.6) is 5.88 Å². The van der Waals surface area contributed by atoms with Crippen molar-refractivity contribution in [2.45, 2.75) is 56.4 Å². The number of aromatic amines is 1. The van der Waals surface area contributed by atoms with E-state index in [0.29, 0.717) is 36.7 Å². The number of hydrogen-bond acceptors (Lipinski definition) is 9. The van der Waals surface area contributed by atoms with Crippen LogP contribution < -0.4 is 10.1 Å². The van der Waals surface area contributed by atoms with E-state index in [9.17, 15) is 9.59 Å². The van der Waals surface area contributed by atoms with Crippen molar-refractivity contribution in [1.82, 2.24) is 35.2 Å². The molecule has 1 fully saturated rings. The summed E-state index contributed by atoms with van der Waals surface area (Å²) in [6.07, 6.45) is 14.2. The standard InChI is InChI=1S/C31H31N7O4/c1-41-28-21(17-20-7-5-6-8-22(20)37-28)24-18-35-27(36-24)23(9-3-2-4-10-25(39)29-34-15-16-42-29)38-30(40)31(11-12-31)26-19-32-13-14-33-26/h5-8,13-19,23H,2-4,9-12H2,1H3,(H,35,36)(H,38,40)/t23-/m0/s1. The molecule has 6 rings (SSSR count). The number of Topliss-reactive ketones (excluding diaryl/α,β-unsaturated/α-hetero) is 1. The van der Waals surface area contributed by atoms with Crippen molar-refractivity contribution in [3.63, 3.8) is 0 Å². The normalized spacial score (nSPS) is 14.4. The molecule has 1 amide bonds. The number of imidazole rings is 1. The van der Waals surface area contributed by atoms with Gasteiger partial charge in [0.15, 0.2) is 0 Å². The number of ether oxygens (including phenoxy) is 1. The van der Waals surface area contributed by atoms with Crippen LogP contribution in [0.3, 0.4) is 0 Å². The Morgan fingerprint density at radius 2 is 1.95 bits per heavy atom. The first-order valence-electron chi connectivity index (χ1n) is 14.1. The minimum atomic E-state index is -0.671. The Hall–Kier alpha value is -4.93. The number of benzene rings is 1. The van der Waals surface area contributed by atoms with Gasteiger partial charge in [-0.15, -0.1) is 0 Å². The average molecular weight is 566 g/mol. The predicted molar refractivity (Wildman–Crippen MR) is 154 cm³/mol. The van der Waals surface area contributed by atoms with Gasteiger partial charge in [0.25, 0.3) is 5.89 Å². The maximum absolute atomic E-state index is 13.6. The van der Waals surface area contributed by atoms with E-state index < -0.39 is 5.41 Å². The van der Waals surface area contributed by atoms with Gasteiger partial charge in [-0.3, -0.25) is 19.6 Å². The van der Waals surface area contributed by atoms with Gasteiger partial charge < -0.3 is 19.5 Å². The lowest BCUT2D eigenvalue weighted by Gasteiger charge is -2.21. The molecule has 11 heteroatoms. The molecule has 0 unspecified atom stereocenters. The molecule has 2 N–H and O–H groups in total. The van der Waals surface area contributed by atoms with Crippen LogP contribution in [0.4, 0.5) is 0 Å². The first-order chi connectivity index (χ1) is 20.6. The van der Waals surface area contributed by atoms with E-state index in [4.69, 9.17) is 9.15 Å². The number of unbranched alkanes of at least 4 members (excludes halogenated alkanes) is 2. The van der Waals surface area contributed by atoms with Crippen LogP contribution in [0.2, 0.25) is 0 Å². The zero-order valence-corrected chi connectivity index (χ0v) is 23.2. The monoisotopic (exact) mass is 565 g/mol. The molecule has 1 saturated carbocycles. The quantitative estimate of drug-likeness (QED) is 0.146. The molecule has 1 aliphatic rings. The number of H-pyrrole nitrogens is 1. The number of aromatic nitrogens is 6. The Kier molecular flexibility index (Phi) is 7.72. The van der Waals surface area contributed by atoms with E-state index in [-0.39, 0.29) is 23.6 Å². The van der Waals surface area contributed by atoms with Crippen molar-refractivity contribution in [1.29, 1.82) is 0 Å². The summed E-state index contributed by atoms with van der Waals surface area (Å²) in [6.45, 7) is 0. The van der Waals surface area contributed by atoms with Crippen molar-refractivity contribution >= 4 is 22.6 Å². The summed E-state index contributed by atoms with van der Waals surface area (Å²) in [5.74, 6) is 1.06. The SMILES string of the molecule is COc1nc2ccccc2cc1-c1cnc([C@H](CCCCCC(=O)c2ncco2)NC(=O)C2(c3cnccn3)CC2)[nH]1. The van der Waals surface area contributed by atoms with Crippen LogP contribution in [0.15, 0.2) is 72.0 Å². The van der Waals surface area contributed by atoms with Crippen molar-refractivity contribution < 1.29 is 18.7 Å². The summed E-state index contributed by atoms with van der Waals surface area (Å²) < 4.78 is 10.7. The molecule has 0 aliphatic heterocycles. The number of amides is 1. The molecule has 0 radical (unpaired) electrons. The number of carbonyl (C=O) groups is 2. The highest BCUT2D eigenvalue weighted by molar-refractivity contribution is 5.91. The van der Waals surface area contributed by atoms with E-state index in [0.717, 1.165) is 47.8 Å². The number of nitrogens with zero attached hydrogens (tertiary/aromatic N) is 5. The highest BCUT2D eigenvalue weighted by Gasteiger charge is 2.53. The molecule has 0 saturated heterocycles. The van der Waals surface area contributed by atoms with Crippen molar-refractivity contribution in [3.8, 4) is 17.1 Å². The van der Waals surface area contributed by atoms with E-state index in [2.05, 4.69) is 35.2 Å². The average Bonchev–Trinajstić information content (AvgIpc) is 3.39. The smallest absolute Gasteiger partial charge is 0.263 e. The number of nitrogens with one attached hydrogen (secondary N) is 2. The molecular weight excluding hydrogens is 534 g/mol. The molecule has 42 heavy (non-hydrogen) atoms. The van der Waals surface area contributed by atoms with Crippen LogP contribution in [-0.4, -0.2) is 48.7 Å². The van der Waals surface area contributed by atoms with Crippen LogP contribution in [-0.2, 0) is 10.2 Å². The molecule has 0 bridgehead atoms. The summed E-state index contributed by atoms with van der Waals surface area (Å²) in [6, 6.07) is 9.49. The highest BCUT2D eigenvalue weighted by atomic mass is 16.5. The van der Waals surface area contributed by atoms with E-state index >= 15 is 0 Å². The molecule has 4 heterocycles. The molecular formula is C31H31N7O4. The summed E-state index contributed by atoms with van der Waals surface area (Å²) in [5.41, 5.74) is 2.37. The first-order valence-corrected chi connectivity index (χ1v) is 14.1. The minimum Gasteiger partial charge on any atom is -0.480 e. The zero-order valence-electron chi connectivity index (χ0n) is 23.2.